The molecule has 16 heavy (non-hydrogen) atoms. The highest BCUT2D eigenvalue weighted by Gasteiger charge is 2.17. The molecule has 1 atom stereocenters. The van der Waals surface area contributed by atoms with Crippen LogP contribution in [-0.2, 0) is 4.79 Å². The minimum Gasteiger partial charge on any atom is -0.381 e. The molecule has 2 rings (SSSR count). The molecule has 0 saturated carbocycles. The third kappa shape index (κ3) is 2.73. The second-order valence-electron chi connectivity index (χ2n) is 4.14. The highest BCUT2D eigenvalue weighted by Crippen LogP contribution is 2.26. The van der Waals surface area contributed by atoms with Crippen LogP contribution >= 0.6 is 11.3 Å². The van der Waals surface area contributed by atoms with Crippen LogP contribution in [0, 0.1) is 0 Å². The average Bonchev–Trinajstić information content (AvgIpc) is 2.88. The predicted octanol–water partition coefficient (Wildman–Crippen LogP) is 3.43. The first-order chi connectivity index (χ1) is 7.79. The molecule has 1 aliphatic rings. The summed E-state index contributed by atoms with van der Waals surface area (Å²) in [4.78, 5) is 12.5. The lowest BCUT2D eigenvalue weighted by Crippen LogP contribution is -2.18. The third-order valence-electron chi connectivity index (χ3n) is 2.80. The molecule has 86 valence electrons. The van der Waals surface area contributed by atoms with E-state index >= 15 is 0 Å². The molecule has 0 saturated heterocycles. The van der Waals surface area contributed by atoms with E-state index in [2.05, 4.69) is 29.8 Å². The number of nitrogens with one attached hydrogen (secondary N) is 1. The summed E-state index contributed by atoms with van der Waals surface area (Å²) in [5.74, 6) is 0.254. The van der Waals surface area contributed by atoms with Crippen molar-refractivity contribution in [1.82, 2.24) is 5.32 Å². The van der Waals surface area contributed by atoms with Crippen LogP contribution in [0.25, 0.3) is 0 Å². The zero-order valence-corrected chi connectivity index (χ0v) is 10.3. The first-order valence-electron chi connectivity index (χ1n) is 5.83. The number of ketones is 1. The summed E-state index contributed by atoms with van der Waals surface area (Å²) in [5, 5.41) is 5.61. The normalized spacial score (nSPS) is 17.3. The molecular formula is C13H17NOS. The van der Waals surface area contributed by atoms with Gasteiger partial charge in [-0.1, -0.05) is 19.4 Å². The van der Waals surface area contributed by atoms with Gasteiger partial charge in [-0.25, -0.2) is 0 Å². The summed E-state index contributed by atoms with van der Waals surface area (Å²) in [6.45, 7) is 2.19. The minimum atomic E-state index is 0.254. The standard InChI is InChI=1S/C13H17NOS/c1-2-4-12(13-5-3-8-16-13)14-10-6-7-11(15)9-10/h3,5,8-9,12,14H,2,4,6-7H2,1H3. The maximum absolute atomic E-state index is 11.2. The average molecular weight is 235 g/mol. The number of hydrogen-bond donors (Lipinski definition) is 1. The van der Waals surface area contributed by atoms with Crippen LogP contribution in [0.2, 0.25) is 0 Å². The van der Waals surface area contributed by atoms with Gasteiger partial charge in [-0.15, -0.1) is 11.3 Å². The number of allylic oxidation sites excluding steroid dienone is 2. The number of carbonyl (C=O) groups is 1. The van der Waals surface area contributed by atoms with Gasteiger partial charge in [-0.05, 0) is 24.3 Å². The maximum Gasteiger partial charge on any atom is 0.157 e. The molecule has 0 amide bonds. The number of carbonyl (C=O) groups excluding carboxylic acids is 1. The first kappa shape index (κ1) is 11.4. The highest BCUT2D eigenvalue weighted by atomic mass is 32.1. The molecule has 0 radical (unpaired) electrons. The van der Waals surface area contributed by atoms with Crippen molar-refractivity contribution in [1.29, 1.82) is 0 Å². The van der Waals surface area contributed by atoms with Gasteiger partial charge in [-0.2, -0.15) is 0 Å². The van der Waals surface area contributed by atoms with E-state index in [0.717, 1.165) is 25.0 Å². The van der Waals surface area contributed by atoms with E-state index in [4.69, 9.17) is 0 Å². The van der Waals surface area contributed by atoms with Crippen molar-refractivity contribution in [3.05, 3.63) is 34.2 Å². The Morgan fingerprint density at radius 2 is 2.38 bits per heavy atom. The summed E-state index contributed by atoms with van der Waals surface area (Å²) in [5.41, 5.74) is 1.11. The molecule has 3 heteroatoms. The SMILES string of the molecule is CCCC(NC1=CC(=O)CC1)c1cccs1. The Kier molecular flexibility index (Phi) is 3.78. The molecule has 0 fully saturated rings. The molecule has 2 nitrogen and oxygen atoms in total. The molecule has 0 bridgehead atoms. The number of rotatable bonds is 5. The van der Waals surface area contributed by atoms with E-state index < -0.39 is 0 Å². The lowest BCUT2D eigenvalue weighted by atomic mass is 10.1. The molecule has 1 aliphatic carbocycles. The van der Waals surface area contributed by atoms with Crippen LogP contribution in [0.1, 0.15) is 43.5 Å². The Labute approximate surface area is 100 Å². The van der Waals surface area contributed by atoms with Gasteiger partial charge in [0.05, 0.1) is 6.04 Å². The molecule has 1 unspecified atom stereocenters. The van der Waals surface area contributed by atoms with Crippen molar-refractivity contribution in [3.63, 3.8) is 0 Å². The summed E-state index contributed by atoms with van der Waals surface area (Å²) in [6, 6.07) is 4.62. The predicted molar refractivity (Wildman–Crippen MR) is 67.4 cm³/mol. The summed E-state index contributed by atoms with van der Waals surface area (Å²) in [7, 11) is 0. The van der Waals surface area contributed by atoms with E-state index in [-0.39, 0.29) is 5.78 Å². The van der Waals surface area contributed by atoms with Gasteiger partial charge in [0.2, 0.25) is 0 Å². The Morgan fingerprint density at radius 1 is 1.50 bits per heavy atom. The molecule has 0 aromatic carbocycles. The van der Waals surface area contributed by atoms with Crippen LogP contribution in [0.15, 0.2) is 29.3 Å². The van der Waals surface area contributed by atoms with Crippen molar-refractivity contribution in [2.24, 2.45) is 0 Å². The lowest BCUT2D eigenvalue weighted by Gasteiger charge is -2.18. The summed E-state index contributed by atoms with van der Waals surface area (Å²) in [6.07, 6.45) is 5.58. The van der Waals surface area contributed by atoms with Gasteiger partial charge < -0.3 is 5.32 Å². The maximum atomic E-state index is 11.2. The fraction of sp³-hybridized carbons (Fsp3) is 0.462. The van der Waals surface area contributed by atoms with Crippen molar-refractivity contribution in [2.75, 3.05) is 0 Å². The summed E-state index contributed by atoms with van der Waals surface area (Å²) < 4.78 is 0. The van der Waals surface area contributed by atoms with E-state index in [1.54, 1.807) is 17.4 Å². The van der Waals surface area contributed by atoms with E-state index in [1.807, 2.05) is 0 Å². The molecule has 1 aromatic rings. The number of thiophene rings is 1. The second-order valence-corrected chi connectivity index (χ2v) is 5.12. The van der Waals surface area contributed by atoms with Crippen LogP contribution in [0.5, 0.6) is 0 Å². The van der Waals surface area contributed by atoms with Crippen LogP contribution in [-0.4, -0.2) is 5.78 Å². The molecule has 0 aliphatic heterocycles. The van der Waals surface area contributed by atoms with Gasteiger partial charge in [0.1, 0.15) is 0 Å². The van der Waals surface area contributed by atoms with Crippen molar-refractivity contribution < 1.29 is 4.79 Å². The molecule has 0 spiro atoms. The van der Waals surface area contributed by atoms with Gasteiger partial charge in [-0.3, -0.25) is 4.79 Å². The monoisotopic (exact) mass is 235 g/mol. The Hall–Kier alpha value is -1.09. The molecular weight excluding hydrogens is 218 g/mol. The minimum absolute atomic E-state index is 0.254. The van der Waals surface area contributed by atoms with Crippen LogP contribution in [0.3, 0.4) is 0 Å². The van der Waals surface area contributed by atoms with Crippen molar-refractivity contribution in [2.45, 2.75) is 38.6 Å². The zero-order chi connectivity index (χ0) is 11.4. The van der Waals surface area contributed by atoms with Crippen LogP contribution in [0.4, 0.5) is 0 Å². The van der Waals surface area contributed by atoms with Gasteiger partial charge in [0.15, 0.2) is 5.78 Å². The topological polar surface area (TPSA) is 29.1 Å². The third-order valence-corrected chi connectivity index (χ3v) is 3.79. The lowest BCUT2D eigenvalue weighted by molar-refractivity contribution is -0.114. The second kappa shape index (κ2) is 5.30. The Balaban J connectivity index is 2.03. The number of hydrogen-bond acceptors (Lipinski definition) is 3. The fourth-order valence-corrected chi connectivity index (χ4v) is 2.81. The van der Waals surface area contributed by atoms with Crippen molar-refractivity contribution >= 4 is 17.1 Å². The molecule has 1 N–H and O–H groups in total. The Morgan fingerprint density at radius 3 is 2.94 bits per heavy atom. The van der Waals surface area contributed by atoms with Crippen LogP contribution < -0.4 is 5.32 Å². The molecule has 1 heterocycles. The van der Waals surface area contributed by atoms with E-state index in [0.29, 0.717) is 12.5 Å². The Bertz CT molecular complexity index is 381. The highest BCUT2D eigenvalue weighted by molar-refractivity contribution is 7.10. The van der Waals surface area contributed by atoms with E-state index in [1.165, 1.54) is 4.88 Å². The van der Waals surface area contributed by atoms with Gasteiger partial charge in [0.25, 0.3) is 0 Å². The first-order valence-corrected chi connectivity index (χ1v) is 6.71. The quantitative estimate of drug-likeness (QED) is 0.847. The van der Waals surface area contributed by atoms with Gasteiger partial charge in [0, 0.05) is 23.1 Å². The molecule has 1 aromatic heterocycles. The smallest absolute Gasteiger partial charge is 0.157 e. The zero-order valence-electron chi connectivity index (χ0n) is 9.53. The van der Waals surface area contributed by atoms with Crippen molar-refractivity contribution in [3.8, 4) is 0 Å². The summed E-state index contributed by atoms with van der Waals surface area (Å²) >= 11 is 1.78. The van der Waals surface area contributed by atoms with E-state index in [9.17, 15) is 4.79 Å². The largest absolute Gasteiger partial charge is 0.381 e. The fourth-order valence-electron chi connectivity index (χ4n) is 2.00. The van der Waals surface area contributed by atoms with Gasteiger partial charge >= 0.3 is 0 Å².